The lowest BCUT2D eigenvalue weighted by Gasteiger charge is -2.07. The smallest absolute Gasteiger partial charge is 0.132 e. The molecule has 0 aliphatic heterocycles. The van der Waals surface area contributed by atoms with E-state index in [2.05, 4.69) is 12.1 Å². The summed E-state index contributed by atoms with van der Waals surface area (Å²) in [4.78, 5) is 1.89. The summed E-state index contributed by atoms with van der Waals surface area (Å²) in [5.74, 6) is 1.49. The van der Waals surface area contributed by atoms with Gasteiger partial charge in [0.15, 0.2) is 0 Å². The first-order chi connectivity index (χ1) is 20.1. The Morgan fingerprint density at radius 1 is 0.488 bits per heavy atom. The van der Waals surface area contributed by atoms with Crippen LogP contribution in [0.3, 0.4) is 0 Å². The molecule has 0 fully saturated rings. The molecule has 0 saturated heterocycles. The molecule has 4 rings (SSSR count). The molecule has 0 aromatic heterocycles. The van der Waals surface area contributed by atoms with Gasteiger partial charge in [0.05, 0.1) is 23.3 Å². The maximum absolute atomic E-state index is 14.6. The van der Waals surface area contributed by atoms with Crippen LogP contribution in [-0.4, -0.2) is 11.5 Å². The molecule has 41 heavy (non-hydrogen) atoms. The van der Waals surface area contributed by atoms with Gasteiger partial charge in [0.25, 0.3) is 0 Å². The van der Waals surface area contributed by atoms with E-state index in [0.717, 1.165) is 45.3 Å². The van der Waals surface area contributed by atoms with Crippen molar-refractivity contribution in [3.8, 4) is 34.4 Å². The SMILES string of the molecule is N#Cc1ccc(-c2ccc(SCCCCCCCCCSc3ccc(-c4ccc(C#N)cc4)c(F)c3)cc2F)cc1. The highest BCUT2D eigenvalue weighted by molar-refractivity contribution is 7.99. The van der Waals surface area contributed by atoms with Crippen molar-refractivity contribution in [2.45, 2.75) is 54.7 Å². The zero-order valence-corrected chi connectivity index (χ0v) is 24.5. The molecule has 0 spiro atoms. The van der Waals surface area contributed by atoms with Crippen LogP contribution in [0.2, 0.25) is 0 Å². The van der Waals surface area contributed by atoms with Crippen LogP contribution >= 0.6 is 23.5 Å². The molecule has 2 nitrogen and oxygen atoms in total. The van der Waals surface area contributed by atoms with Crippen molar-refractivity contribution in [3.05, 3.63) is 108 Å². The van der Waals surface area contributed by atoms with Crippen LogP contribution in [0, 0.1) is 34.3 Å². The summed E-state index contributed by atoms with van der Waals surface area (Å²) >= 11 is 3.39. The lowest BCUT2D eigenvalue weighted by atomic mass is 10.0. The molecule has 0 saturated carbocycles. The minimum Gasteiger partial charge on any atom is -0.206 e. The predicted molar refractivity (Wildman–Crippen MR) is 167 cm³/mol. The number of hydrogen-bond donors (Lipinski definition) is 0. The summed E-state index contributed by atoms with van der Waals surface area (Å²) < 4.78 is 29.3. The van der Waals surface area contributed by atoms with Gasteiger partial charge in [0.1, 0.15) is 11.6 Å². The maximum Gasteiger partial charge on any atom is 0.132 e. The van der Waals surface area contributed by atoms with E-state index in [0.29, 0.717) is 22.3 Å². The molecule has 0 heterocycles. The Labute approximate surface area is 250 Å². The van der Waals surface area contributed by atoms with Crippen LogP contribution < -0.4 is 0 Å². The van der Waals surface area contributed by atoms with Crippen LogP contribution in [0.1, 0.15) is 56.1 Å². The Kier molecular flexibility index (Phi) is 11.9. The topological polar surface area (TPSA) is 47.6 Å². The summed E-state index contributed by atoms with van der Waals surface area (Å²) in [6.07, 6.45) is 8.23. The normalized spacial score (nSPS) is 10.7. The number of benzene rings is 4. The van der Waals surface area contributed by atoms with Gasteiger partial charge in [0, 0.05) is 20.9 Å². The number of thioether (sulfide) groups is 2. The highest BCUT2D eigenvalue weighted by Gasteiger charge is 2.08. The first-order valence-electron chi connectivity index (χ1n) is 13.9. The van der Waals surface area contributed by atoms with Crippen molar-refractivity contribution in [1.29, 1.82) is 10.5 Å². The van der Waals surface area contributed by atoms with E-state index in [9.17, 15) is 8.78 Å². The highest BCUT2D eigenvalue weighted by Crippen LogP contribution is 2.30. The average molecular weight is 583 g/mol. The van der Waals surface area contributed by atoms with E-state index in [-0.39, 0.29) is 11.6 Å². The highest BCUT2D eigenvalue weighted by atomic mass is 32.2. The summed E-state index contributed by atoms with van der Waals surface area (Å²) in [5.41, 5.74) is 3.81. The Morgan fingerprint density at radius 3 is 1.20 bits per heavy atom. The minimum absolute atomic E-state index is 0.233. The standard InChI is InChI=1S/C35H32F2N2S2/c36-34-22-30(16-18-32(34)28-12-8-26(24-38)9-13-28)40-20-6-4-2-1-3-5-7-21-41-31-17-19-33(35(37)23-31)29-14-10-27(25-39)11-15-29/h8-19,22-23H,1-7,20-21H2. The molecule has 4 aromatic rings. The quantitative estimate of drug-likeness (QED) is 0.110. The third-order valence-electron chi connectivity index (χ3n) is 6.86. The number of rotatable bonds is 14. The zero-order valence-electron chi connectivity index (χ0n) is 22.9. The van der Waals surface area contributed by atoms with Crippen molar-refractivity contribution in [1.82, 2.24) is 0 Å². The van der Waals surface area contributed by atoms with Crippen molar-refractivity contribution in [3.63, 3.8) is 0 Å². The first kappa shape index (κ1) is 30.4. The number of hydrogen-bond acceptors (Lipinski definition) is 4. The Hall–Kier alpha value is -3.58. The van der Waals surface area contributed by atoms with Gasteiger partial charge in [-0.15, -0.1) is 23.5 Å². The van der Waals surface area contributed by atoms with Crippen molar-refractivity contribution in [2.75, 3.05) is 11.5 Å². The largest absolute Gasteiger partial charge is 0.206 e. The van der Waals surface area contributed by atoms with E-state index >= 15 is 0 Å². The molecule has 0 atom stereocenters. The minimum atomic E-state index is -0.233. The second-order valence-electron chi connectivity index (χ2n) is 9.83. The van der Waals surface area contributed by atoms with E-state index in [1.807, 2.05) is 24.3 Å². The third-order valence-corrected chi connectivity index (χ3v) is 9.02. The lowest BCUT2D eigenvalue weighted by Crippen LogP contribution is -1.88. The van der Waals surface area contributed by atoms with Gasteiger partial charge in [-0.2, -0.15) is 10.5 Å². The number of unbranched alkanes of at least 4 members (excludes halogenated alkanes) is 6. The monoisotopic (exact) mass is 582 g/mol. The Bertz CT molecular complexity index is 1390. The zero-order chi connectivity index (χ0) is 28.9. The van der Waals surface area contributed by atoms with E-state index in [1.54, 1.807) is 84.2 Å². The summed E-state index contributed by atoms with van der Waals surface area (Å²) in [7, 11) is 0. The second kappa shape index (κ2) is 16.0. The fourth-order valence-electron chi connectivity index (χ4n) is 4.56. The van der Waals surface area contributed by atoms with Gasteiger partial charge in [0.2, 0.25) is 0 Å². The van der Waals surface area contributed by atoms with Crippen molar-refractivity contribution in [2.24, 2.45) is 0 Å². The molecule has 0 bridgehead atoms. The maximum atomic E-state index is 14.6. The molecule has 0 unspecified atom stereocenters. The summed E-state index contributed by atoms with van der Waals surface area (Å²) in [5, 5.41) is 17.9. The van der Waals surface area contributed by atoms with Crippen LogP contribution in [0.15, 0.2) is 94.7 Å². The summed E-state index contributed by atoms with van der Waals surface area (Å²) in [6, 6.07) is 28.9. The molecular formula is C35H32F2N2S2. The molecule has 0 radical (unpaired) electrons. The van der Waals surface area contributed by atoms with E-state index in [1.165, 1.54) is 32.1 Å². The fraction of sp³-hybridized carbons (Fsp3) is 0.257. The third kappa shape index (κ3) is 9.22. The van der Waals surface area contributed by atoms with Crippen molar-refractivity contribution >= 4 is 23.5 Å². The van der Waals surface area contributed by atoms with Gasteiger partial charge < -0.3 is 0 Å². The van der Waals surface area contributed by atoms with Crippen molar-refractivity contribution < 1.29 is 8.78 Å². The number of halogens is 2. The van der Waals surface area contributed by atoms with E-state index in [4.69, 9.17) is 10.5 Å². The first-order valence-corrected chi connectivity index (χ1v) is 15.9. The Morgan fingerprint density at radius 2 is 0.854 bits per heavy atom. The molecule has 0 N–H and O–H groups in total. The van der Waals surface area contributed by atoms with Crippen LogP contribution in [0.5, 0.6) is 0 Å². The molecular weight excluding hydrogens is 551 g/mol. The van der Waals surface area contributed by atoms with Gasteiger partial charge in [-0.3, -0.25) is 0 Å². The lowest BCUT2D eigenvalue weighted by molar-refractivity contribution is 0.605. The molecule has 0 amide bonds. The fourth-order valence-corrected chi connectivity index (χ4v) is 6.43. The molecule has 0 aliphatic rings. The van der Waals surface area contributed by atoms with Crippen LogP contribution in [0.25, 0.3) is 22.3 Å². The Balaban J connectivity index is 1.05. The molecule has 208 valence electrons. The van der Waals surface area contributed by atoms with Crippen LogP contribution in [0.4, 0.5) is 8.78 Å². The van der Waals surface area contributed by atoms with Crippen LogP contribution in [-0.2, 0) is 0 Å². The van der Waals surface area contributed by atoms with Gasteiger partial charge in [-0.05, 0) is 84.0 Å². The number of nitrogens with zero attached hydrogens (tertiary/aromatic N) is 2. The predicted octanol–water partition coefficient (Wildman–Crippen LogP) is 10.7. The molecule has 4 aromatic carbocycles. The number of nitriles is 2. The summed E-state index contributed by atoms with van der Waals surface area (Å²) in [6.45, 7) is 0. The average Bonchev–Trinajstić information content (AvgIpc) is 3.00. The van der Waals surface area contributed by atoms with Gasteiger partial charge >= 0.3 is 0 Å². The molecule has 0 aliphatic carbocycles. The van der Waals surface area contributed by atoms with Gasteiger partial charge in [-0.1, -0.05) is 68.5 Å². The second-order valence-corrected chi connectivity index (χ2v) is 12.2. The molecule has 6 heteroatoms. The van der Waals surface area contributed by atoms with E-state index < -0.39 is 0 Å². The van der Waals surface area contributed by atoms with Gasteiger partial charge in [-0.25, -0.2) is 8.78 Å².